The molecule has 36 heavy (non-hydrogen) atoms. The molecule has 2 rings (SSSR count). The van der Waals surface area contributed by atoms with Gasteiger partial charge in [-0.05, 0) is 62.8 Å². The number of ether oxygens (including phenoxy) is 2. The van der Waals surface area contributed by atoms with Crippen molar-refractivity contribution < 1.29 is 39.5 Å². The van der Waals surface area contributed by atoms with E-state index in [9.17, 15) is 19.8 Å². The van der Waals surface area contributed by atoms with Crippen LogP contribution >= 0.6 is 0 Å². The van der Waals surface area contributed by atoms with Crippen molar-refractivity contribution in [2.24, 2.45) is 10.2 Å². The number of carbonyl (C=O) groups is 2. The van der Waals surface area contributed by atoms with E-state index in [0.717, 1.165) is 25.7 Å². The van der Waals surface area contributed by atoms with E-state index in [2.05, 4.69) is 10.2 Å². The van der Waals surface area contributed by atoms with Gasteiger partial charge in [-0.15, -0.1) is 0 Å². The van der Waals surface area contributed by atoms with Gasteiger partial charge < -0.3 is 29.9 Å². The standard InChI is InChI=1S/C26H32N2O8/c29-23-15-21(35-13-5-1-3-7-25(31)32)11-9-19(23)17-27-28-18-20-10-12-22(16-24(20)30)36-14-6-2-4-8-26(33)34/h9-12,15-18,29-30H,1-8,13-14H2,(H,31,32)(H,33,34)/b27-17+,28-18+. The molecule has 0 unspecified atom stereocenters. The molecule has 0 aliphatic rings. The predicted octanol–water partition coefficient (Wildman–Crippen LogP) is 4.60. The van der Waals surface area contributed by atoms with Gasteiger partial charge in [0.15, 0.2) is 0 Å². The summed E-state index contributed by atoms with van der Waals surface area (Å²) in [5.74, 6) is -0.657. The lowest BCUT2D eigenvalue weighted by Gasteiger charge is -2.07. The van der Waals surface area contributed by atoms with Crippen LogP contribution < -0.4 is 9.47 Å². The number of aromatic hydroxyl groups is 2. The van der Waals surface area contributed by atoms with E-state index >= 15 is 0 Å². The van der Waals surface area contributed by atoms with Gasteiger partial charge >= 0.3 is 11.9 Å². The Morgan fingerprint density at radius 3 is 1.44 bits per heavy atom. The third-order valence-corrected chi connectivity index (χ3v) is 5.07. The van der Waals surface area contributed by atoms with Crippen molar-refractivity contribution in [3.8, 4) is 23.0 Å². The summed E-state index contributed by atoms with van der Waals surface area (Å²) in [6.07, 6.45) is 7.21. The maximum Gasteiger partial charge on any atom is 0.303 e. The fourth-order valence-electron chi connectivity index (χ4n) is 3.13. The van der Waals surface area contributed by atoms with Gasteiger partial charge in [0, 0.05) is 36.1 Å². The minimum atomic E-state index is -0.804. The molecule has 0 aliphatic carbocycles. The van der Waals surface area contributed by atoms with Gasteiger partial charge in [-0.2, -0.15) is 10.2 Å². The Balaban J connectivity index is 1.76. The molecule has 2 aromatic carbocycles. The van der Waals surface area contributed by atoms with E-state index < -0.39 is 11.9 Å². The van der Waals surface area contributed by atoms with Gasteiger partial charge in [-0.3, -0.25) is 9.59 Å². The molecule has 0 heterocycles. The first-order valence-corrected chi connectivity index (χ1v) is 11.8. The Bertz CT molecular complexity index is 969. The Labute approximate surface area is 209 Å². The van der Waals surface area contributed by atoms with Gasteiger partial charge in [0.25, 0.3) is 0 Å². The SMILES string of the molecule is O=C(O)CCCCCOc1ccc(/C=N/N=C/c2ccc(OCCCCCC(=O)O)cc2O)c(O)c1. The van der Waals surface area contributed by atoms with Crippen molar-refractivity contribution in [3.05, 3.63) is 47.5 Å². The largest absolute Gasteiger partial charge is 0.507 e. The number of phenolic OH excluding ortho intramolecular Hbond substituents is 2. The van der Waals surface area contributed by atoms with Crippen LogP contribution in [0.5, 0.6) is 23.0 Å². The molecule has 0 atom stereocenters. The summed E-state index contributed by atoms with van der Waals surface area (Å²) in [5, 5.41) is 45.4. The van der Waals surface area contributed by atoms with Crippen LogP contribution in [0.15, 0.2) is 46.6 Å². The lowest BCUT2D eigenvalue weighted by molar-refractivity contribution is -0.138. The van der Waals surface area contributed by atoms with Crippen molar-refractivity contribution in [3.63, 3.8) is 0 Å². The molecule has 0 saturated carbocycles. The molecule has 0 aromatic heterocycles. The molecule has 0 radical (unpaired) electrons. The molecule has 0 aliphatic heterocycles. The average Bonchev–Trinajstić information content (AvgIpc) is 2.83. The van der Waals surface area contributed by atoms with Crippen LogP contribution in [-0.4, -0.2) is 58.0 Å². The van der Waals surface area contributed by atoms with E-state index in [-0.39, 0.29) is 24.3 Å². The fourth-order valence-corrected chi connectivity index (χ4v) is 3.13. The number of unbranched alkanes of at least 4 members (excludes halogenated alkanes) is 4. The molecule has 2 aromatic rings. The quantitative estimate of drug-likeness (QED) is 0.139. The number of rotatable bonds is 17. The fraction of sp³-hybridized carbons (Fsp3) is 0.385. The highest BCUT2D eigenvalue weighted by Crippen LogP contribution is 2.24. The summed E-state index contributed by atoms with van der Waals surface area (Å²) in [5.41, 5.74) is 0.884. The van der Waals surface area contributed by atoms with Crippen LogP contribution in [0.3, 0.4) is 0 Å². The Hall–Kier alpha value is -4.08. The van der Waals surface area contributed by atoms with Crippen molar-refractivity contribution in [1.82, 2.24) is 0 Å². The topological polar surface area (TPSA) is 158 Å². The highest BCUT2D eigenvalue weighted by molar-refractivity contribution is 5.86. The third kappa shape index (κ3) is 11.4. The zero-order valence-corrected chi connectivity index (χ0v) is 20.0. The van der Waals surface area contributed by atoms with E-state index in [0.29, 0.717) is 48.7 Å². The van der Waals surface area contributed by atoms with Crippen molar-refractivity contribution >= 4 is 24.4 Å². The van der Waals surface area contributed by atoms with Crippen LogP contribution in [0.2, 0.25) is 0 Å². The van der Waals surface area contributed by atoms with Crippen LogP contribution in [0.1, 0.15) is 62.5 Å². The third-order valence-electron chi connectivity index (χ3n) is 5.07. The molecule has 4 N–H and O–H groups in total. The van der Waals surface area contributed by atoms with E-state index in [1.54, 1.807) is 24.3 Å². The molecule has 0 saturated heterocycles. The lowest BCUT2D eigenvalue weighted by Crippen LogP contribution is -1.99. The second kappa shape index (κ2) is 15.8. The van der Waals surface area contributed by atoms with E-state index in [1.165, 1.54) is 24.6 Å². The van der Waals surface area contributed by atoms with Crippen molar-refractivity contribution in [2.45, 2.75) is 51.4 Å². The molecule has 0 fully saturated rings. The molecule has 10 nitrogen and oxygen atoms in total. The second-order valence-electron chi connectivity index (χ2n) is 8.04. The van der Waals surface area contributed by atoms with Crippen LogP contribution in [0.25, 0.3) is 0 Å². The van der Waals surface area contributed by atoms with Gasteiger partial charge in [-0.1, -0.05) is 0 Å². The van der Waals surface area contributed by atoms with E-state index in [1.807, 2.05) is 0 Å². The summed E-state index contributed by atoms with van der Waals surface area (Å²) >= 11 is 0. The van der Waals surface area contributed by atoms with E-state index in [4.69, 9.17) is 19.7 Å². The number of benzene rings is 2. The van der Waals surface area contributed by atoms with Crippen LogP contribution in [0, 0.1) is 0 Å². The monoisotopic (exact) mass is 500 g/mol. The number of aliphatic carboxylic acids is 2. The maximum absolute atomic E-state index is 10.5. The molecule has 194 valence electrons. The molecule has 10 heteroatoms. The maximum atomic E-state index is 10.5. The molecule has 0 amide bonds. The highest BCUT2D eigenvalue weighted by Gasteiger charge is 2.04. The smallest absolute Gasteiger partial charge is 0.303 e. The number of phenols is 2. The summed E-state index contributed by atoms with van der Waals surface area (Å²) in [7, 11) is 0. The minimum Gasteiger partial charge on any atom is -0.507 e. The minimum absolute atomic E-state index is 0.0235. The number of nitrogens with zero attached hydrogens (tertiary/aromatic N) is 2. The first kappa shape index (κ1) is 28.2. The Morgan fingerprint density at radius 1 is 0.667 bits per heavy atom. The van der Waals surface area contributed by atoms with Gasteiger partial charge in [0.05, 0.1) is 25.6 Å². The number of carboxylic acid groups (broad SMARTS) is 2. The number of hydrogen-bond donors (Lipinski definition) is 4. The predicted molar refractivity (Wildman–Crippen MR) is 135 cm³/mol. The molecule has 0 spiro atoms. The first-order chi connectivity index (χ1) is 17.3. The number of carboxylic acids is 2. The van der Waals surface area contributed by atoms with Gasteiger partial charge in [-0.25, -0.2) is 0 Å². The average molecular weight is 501 g/mol. The van der Waals surface area contributed by atoms with Crippen molar-refractivity contribution in [2.75, 3.05) is 13.2 Å². The summed E-state index contributed by atoms with van der Waals surface area (Å²) in [6.45, 7) is 0.855. The van der Waals surface area contributed by atoms with Crippen LogP contribution in [-0.2, 0) is 9.59 Å². The van der Waals surface area contributed by atoms with Crippen LogP contribution in [0.4, 0.5) is 0 Å². The first-order valence-electron chi connectivity index (χ1n) is 11.8. The molecule has 0 bridgehead atoms. The Morgan fingerprint density at radius 2 is 1.08 bits per heavy atom. The zero-order valence-electron chi connectivity index (χ0n) is 20.0. The highest BCUT2D eigenvalue weighted by atomic mass is 16.5. The van der Waals surface area contributed by atoms with Gasteiger partial charge in [0.2, 0.25) is 0 Å². The normalized spacial score (nSPS) is 11.2. The molecular formula is C26H32N2O8. The van der Waals surface area contributed by atoms with Crippen molar-refractivity contribution in [1.29, 1.82) is 0 Å². The Kier molecular flexibility index (Phi) is 12.3. The van der Waals surface area contributed by atoms with Gasteiger partial charge in [0.1, 0.15) is 23.0 Å². The lowest BCUT2D eigenvalue weighted by atomic mass is 10.2. The summed E-state index contributed by atoms with van der Waals surface area (Å²) in [6, 6.07) is 9.61. The molecular weight excluding hydrogens is 468 g/mol. The zero-order chi connectivity index (χ0) is 26.2. The second-order valence-corrected chi connectivity index (χ2v) is 8.04. The number of hydrogen-bond acceptors (Lipinski definition) is 8. The summed E-state index contributed by atoms with van der Waals surface area (Å²) in [4.78, 5) is 21.0. The summed E-state index contributed by atoms with van der Waals surface area (Å²) < 4.78 is 11.1.